The van der Waals surface area contributed by atoms with Gasteiger partial charge >= 0.3 is 6.01 Å². The van der Waals surface area contributed by atoms with E-state index in [1.165, 1.54) is 0 Å². The van der Waals surface area contributed by atoms with Crippen LogP contribution >= 0.6 is 11.6 Å². The van der Waals surface area contributed by atoms with E-state index in [0.717, 1.165) is 13.1 Å². The van der Waals surface area contributed by atoms with Crippen LogP contribution < -0.4 is 4.90 Å². The quantitative estimate of drug-likeness (QED) is 0.714. The second kappa shape index (κ2) is 6.63. The average Bonchev–Trinajstić information content (AvgIpc) is 2.68. The van der Waals surface area contributed by atoms with Crippen molar-refractivity contribution in [2.75, 3.05) is 30.5 Å². The molecule has 1 aromatic heterocycles. The molecule has 0 aliphatic rings. The highest BCUT2D eigenvalue weighted by Crippen LogP contribution is 2.12. The molecule has 0 radical (unpaired) electrons. The fourth-order valence-electron chi connectivity index (χ4n) is 1.20. The highest BCUT2D eigenvalue weighted by Gasteiger charge is 2.11. The van der Waals surface area contributed by atoms with E-state index in [9.17, 15) is 0 Å². The summed E-state index contributed by atoms with van der Waals surface area (Å²) >= 11 is 5.57. The number of hydrogen-bond donors (Lipinski definition) is 1. The second-order valence-electron chi connectivity index (χ2n) is 3.07. The van der Waals surface area contributed by atoms with Crippen molar-refractivity contribution in [1.82, 2.24) is 10.2 Å². The van der Waals surface area contributed by atoms with Gasteiger partial charge in [-0.3, -0.25) is 0 Å². The third-order valence-corrected chi connectivity index (χ3v) is 2.19. The molecule has 5 nitrogen and oxygen atoms in total. The van der Waals surface area contributed by atoms with Gasteiger partial charge in [0.25, 0.3) is 0 Å². The van der Waals surface area contributed by atoms with Gasteiger partial charge in [0, 0.05) is 32.0 Å². The lowest BCUT2D eigenvalue weighted by Crippen LogP contribution is -2.24. The van der Waals surface area contributed by atoms with Crippen LogP contribution in [0.5, 0.6) is 0 Å². The Kier molecular flexibility index (Phi) is 5.42. The van der Waals surface area contributed by atoms with E-state index >= 15 is 0 Å². The summed E-state index contributed by atoms with van der Waals surface area (Å²) in [7, 11) is 0. The number of aryl methyl sites for hydroxylation is 1. The topological polar surface area (TPSA) is 62.4 Å². The van der Waals surface area contributed by atoms with Gasteiger partial charge in [-0.2, -0.15) is 0 Å². The molecule has 0 aliphatic heterocycles. The maximum atomic E-state index is 8.74. The maximum absolute atomic E-state index is 8.74. The predicted molar refractivity (Wildman–Crippen MR) is 58.3 cm³/mol. The Morgan fingerprint density at radius 3 is 2.87 bits per heavy atom. The van der Waals surface area contributed by atoms with Gasteiger partial charge < -0.3 is 14.4 Å². The molecule has 0 amide bonds. The zero-order valence-electron chi connectivity index (χ0n) is 8.82. The van der Waals surface area contributed by atoms with Crippen LogP contribution in [0.25, 0.3) is 0 Å². The van der Waals surface area contributed by atoms with E-state index < -0.39 is 0 Å². The minimum absolute atomic E-state index is 0.166. The van der Waals surface area contributed by atoms with Crippen LogP contribution in [0.2, 0.25) is 0 Å². The number of alkyl halides is 1. The first kappa shape index (κ1) is 12.3. The second-order valence-corrected chi connectivity index (χ2v) is 3.45. The number of aromatic nitrogens is 2. The highest BCUT2D eigenvalue weighted by molar-refractivity contribution is 6.17. The number of rotatable bonds is 7. The summed E-state index contributed by atoms with van der Waals surface area (Å²) in [5, 5.41) is 16.5. The molecule has 1 aromatic rings. The number of halogens is 1. The molecule has 1 N–H and O–H groups in total. The first-order chi connectivity index (χ1) is 7.31. The van der Waals surface area contributed by atoms with Crippen LogP contribution in [0.3, 0.4) is 0 Å². The number of hydrogen-bond acceptors (Lipinski definition) is 5. The summed E-state index contributed by atoms with van der Waals surface area (Å²) in [5.74, 6) is 1.03. The first-order valence-corrected chi connectivity index (χ1v) is 5.59. The molecular formula is C9H16ClN3O2. The van der Waals surface area contributed by atoms with E-state index in [1.54, 1.807) is 0 Å². The van der Waals surface area contributed by atoms with Crippen molar-refractivity contribution in [2.45, 2.75) is 19.8 Å². The van der Waals surface area contributed by atoms with Crippen LogP contribution in [-0.4, -0.2) is 40.9 Å². The molecule has 0 bridgehead atoms. The van der Waals surface area contributed by atoms with E-state index in [4.69, 9.17) is 21.1 Å². The molecule has 0 atom stereocenters. The van der Waals surface area contributed by atoms with Gasteiger partial charge in [0.1, 0.15) is 0 Å². The largest absolute Gasteiger partial charge is 0.408 e. The molecule has 1 rings (SSSR count). The lowest BCUT2D eigenvalue weighted by Gasteiger charge is -2.16. The fourth-order valence-corrected chi connectivity index (χ4v) is 1.37. The van der Waals surface area contributed by atoms with Gasteiger partial charge in [-0.1, -0.05) is 5.10 Å². The number of aliphatic hydroxyl groups excluding tert-OH is 1. The third-order valence-electron chi connectivity index (χ3n) is 2.00. The Balaban J connectivity index is 2.57. The van der Waals surface area contributed by atoms with Gasteiger partial charge in [0.2, 0.25) is 5.89 Å². The summed E-state index contributed by atoms with van der Waals surface area (Å²) in [6.45, 7) is 3.67. The van der Waals surface area contributed by atoms with Crippen molar-refractivity contribution in [3.63, 3.8) is 0 Å². The van der Waals surface area contributed by atoms with Crippen molar-refractivity contribution in [1.29, 1.82) is 0 Å². The summed E-state index contributed by atoms with van der Waals surface area (Å²) in [5.41, 5.74) is 0. The molecule has 15 heavy (non-hydrogen) atoms. The lowest BCUT2D eigenvalue weighted by molar-refractivity contribution is 0.288. The molecule has 0 unspecified atom stereocenters. The Bertz CT molecular complexity index is 280. The van der Waals surface area contributed by atoms with Gasteiger partial charge in [0.15, 0.2) is 0 Å². The van der Waals surface area contributed by atoms with E-state index in [0.29, 0.717) is 30.6 Å². The smallest absolute Gasteiger partial charge is 0.318 e. The van der Waals surface area contributed by atoms with Gasteiger partial charge in [-0.15, -0.1) is 16.7 Å². The molecule has 0 saturated heterocycles. The molecular weight excluding hydrogens is 218 g/mol. The highest BCUT2D eigenvalue weighted by atomic mass is 35.5. The lowest BCUT2D eigenvalue weighted by atomic mass is 10.4. The van der Waals surface area contributed by atoms with Gasteiger partial charge in [-0.05, 0) is 13.3 Å². The van der Waals surface area contributed by atoms with E-state index in [-0.39, 0.29) is 6.61 Å². The van der Waals surface area contributed by atoms with Crippen molar-refractivity contribution in [3.8, 4) is 0 Å². The minimum atomic E-state index is 0.166. The first-order valence-electron chi connectivity index (χ1n) is 5.06. The van der Waals surface area contributed by atoms with E-state index in [1.807, 2.05) is 11.8 Å². The molecule has 0 saturated carbocycles. The zero-order valence-corrected chi connectivity index (χ0v) is 9.57. The van der Waals surface area contributed by atoms with Crippen LogP contribution in [-0.2, 0) is 6.42 Å². The summed E-state index contributed by atoms with van der Waals surface area (Å²) in [6.07, 6.45) is 1.28. The number of nitrogens with zero attached hydrogens (tertiary/aromatic N) is 3. The summed E-state index contributed by atoms with van der Waals surface area (Å²) in [6, 6.07) is 0.506. The molecule has 0 fully saturated rings. The standard InChI is InChI=1S/C9H16ClN3O2/c1-2-13(6-3-7-14)9-12-11-8(15-9)4-5-10/h14H,2-7H2,1H3. The monoisotopic (exact) mass is 233 g/mol. The third kappa shape index (κ3) is 3.68. The minimum Gasteiger partial charge on any atom is -0.408 e. The van der Waals surface area contributed by atoms with Crippen molar-refractivity contribution in [2.24, 2.45) is 0 Å². The van der Waals surface area contributed by atoms with E-state index in [2.05, 4.69) is 10.2 Å². The Morgan fingerprint density at radius 1 is 1.47 bits per heavy atom. The van der Waals surface area contributed by atoms with Crippen LogP contribution in [0, 0.1) is 0 Å². The van der Waals surface area contributed by atoms with Crippen molar-refractivity contribution < 1.29 is 9.52 Å². The maximum Gasteiger partial charge on any atom is 0.318 e. The molecule has 1 heterocycles. The molecule has 0 aliphatic carbocycles. The van der Waals surface area contributed by atoms with Gasteiger partial charge in [0.05, 0.1) is 0 Å². The zero-order chi connectivity index (χ0) is 11.1. The van der Waals surface area contributed by atoms with Crippen molar-refractivity contribution >= 4 is 17.6 Å². The Hall–Kier alpha value is -0.810. The Labute approximate surface area is 94.0 Å². The summed E-state index contributed by atoms with van der Waals surface area (Å²) < 4.78 is 5.41. The molecule has 0 aromatic carbocycles. The van der Waals surface area contributed by atoms with Crippen LogP contribution in [0.15, 0.2) is 4.42 Å². The molecule has 86 valence electrons. The number of anilines is 1. The molecule has 6 heteroatoms. The summed E-state index contributed by atoms with van der Waals surface area (Å²) in [4.78, 5) is 1.93. The van der Waals surface area contributed by atoms with Crippen LogP contribution in [0.4, 0.5) is 6.01 Å². The van der Waals surface area contributed by atoms with Gasteiger partial charge in [-0.25, -0.2) is 0 Å². The van der Waals surface area contributed by atoms with Crippen LogP contribution in [0.1, 0.15) is 19.2 Å². The Morgan fingerprint density at radius 2 is 2.27 bits per heavy atom. The average molecular weight is 234 g/mol. The van der Waals surface area contributed by atoms with Crippen molar-refractivity contribution in [3.05, 3.63) is 5.89 Å². The SMILES string of the molecule is CCN(CCCO)c1nnc(CCCl)o1. The molecule has 0 spiro atoms. The predicted octanol–water partition coefficient (Wildman–Crippen LogP) is 1.06. The number of aliphatic hydroxyl groups is 1. The normalized spacial score (nSPS) is 10.6. The fraction of sp³-hybridized carbons (Fsp3) is 0.778.